The average molecular weight is 457 g/mol. The largest absolute Gasteiger partial charge is 0.443 e. The van der Waals surface area contributed by atoms with Crippen molar-refractivity contribution in [2.75, 3.05) is 36.0 Å². The molecule has 1 saturated heterocycles. The van der Waals surface area contributed by atoms with Gasteiger partial charge in [0.2, 0.25) is 0 Å². The molecule has 1 fully saturated rings. The molecule has 1 amide bonds. The number of amides is 1. The number of cyclic esters (lactones) is 1. The molecule has 33 heavy (non-hydrogen) atoms. The van der Waals surface area contributed by atoms with Crippen molar-refractivity contribution < 1.29 is 13.9 Å². The number of benzene rings is 1. The van der Waals surface area contributed by atoms with Crippen molar-refractivity contribution >= 4 is 28.5 Å². The highest BCUT2D eigenvalue weighted by molar-refractivity contribution is 5.90. The van der Waals surface area contributed by atoms with Crippen LogP contribution in [0, 0.1) is 5.82 Å². The summed E-state index contributed by atoms with van der Waals surface area (Å²) in [5.41, 5.74) is 5.35. The molecule has 2 N–H and O–H groups in total. The van der Waals surface area contributed by atoms with Crippen molar-refractivity contribution in [1.29, 1.82) is 0 Å². The van der Waals surface area contributed by atoms with Gasteiger partial charge in [0.25, 0.3) is 11.1 Å². The smallest absolute Gasteiger partial charge is 0.414 e. The van der Waals surface area contributed by atoms with E-state index in [9.17, 15) is 14.4 Å². The second-order valence-corrected chi connectivity index (χ2v) is 7.58. The summed E-state index contributed by atoms with van der Waals surface area (Å²) in [6.45, 7) is 3.13. The van der Waals surface area contributed by atoms with Gasteiger partial charge in [-0.25, -0.2) is 28.5 Å². The Labute approximate surface area is 187 Å². The summed E-state index contributed by atoms with van der Waals surface area (Å²) < 4.78 is 22.6. The molecule has 1 atom stereocenters. The molecule has 0 unspecified atom stereocenters. The van der Waals surface area contributed by atoms with E-state index in [0.29, 0.717) is 17.9 Å². The summed E-state index contributed by atoms with van der Waals surface area (Å²) in [6, 6.07) is 4.48. The molecule has 3 aromatic rings. The minimum Gasteiger partial charge on any atom is -0.443 e. The van der Waals surface area contributed by atoms with Gasteiger partial charge in [-0.15, -0.1) is 0 Å². The number of carbonyl (C=O) groups excluding carboxylic acids is 1. The van der Waals surface area contributed by atoms with E-state index >= 15 is 4.39 Å². The van der Waals surface area contributed by atoms with Crippen LogP contribution < -0.4 is 26.7 Å². The van der Waals surface area contributed by atoms with Gasteiger partial charge in [-0.1, -0.05) is 0 Å². The van der Waals surface area contributed by atoms with Crippen molar-refractivity contribution in [3.8, 4) is 0 Å². The quantitative estimate of drug-likeness (QED) is 0.541. The van der Waals surface area contributed by atoms with Gasteiger partial charge in [0, 0.05) is 39.1 Å². The fourth-order valence-electron chi connectivity index (χ4n) is 3.86. The number of likely N-dealkylation sites (N-methyl/N-ethyl adjacent to an activating group) is 1. The summed E-state index contributed by atoms with van der Waals surface area (Å²) in [5, 5.41) is 0. The molecule has 4 rings (SSSR count). The lowest BCUT2D eigenvalue weighted by Gasteiger charge is -2.25. The first-order valence-electron chi connectivity index (χ1n) is 10.5. The Kier molecular flexibility index (Phi) is 6.09. The number of nitrogens with zero attached hydrogens (tertiary/aromatic N) is 6. The maximum atomic E-state index is 15.0. The Hall–Kier alpha value is -3.80. The molecule has 1 aromatic carbocycles. The van der Waals surface area contributed by atoms with E-state index in [-0.39, 0.29) is 37.2 Å². The van der Waals surface area contributed by atoms with E-state index in [0.717, 1.165) is 0 Å². The van der Waals surface area contributed by atoms with Crippen LogP contribution in [0.3, 0.4) is 0 Å². The highest BCUT2D eigenvalue weighted by atomic mass is 19.1. The molecule has 12 heteroatoms. The van der Waals surface area contributed by atoms with E-state index in [4.69, 9.17) is 10.5 Å². The molecule has 1 aliphatic rings. The molecule has 3 heterocycles. The predicted octanol–water partition coefficient (Wildman–Crippen LogP) is 0.440. The monoisotopic (exact) mass is 457 g/mol. The van der Waals surface area contributed by atoms with Crippen LogP contribution >= 0.6 is 0 Å². The minimum absolute atomic E-state index is 0.00698. The second kappa shape index (κ2) is 8.98. The van der Waals surface area contributed by atoms with Gasteiger partial charge in [-0.05, 0) is 25.1 Å². The van der Waals surface area contributed by atoms with E-state index in [2.05, 4.69) is 9.97 Å². The van der Waals surface area contributed by atoms with Crippen molar-refractivity contribution in [1.82, 2.24) is 19.3 Å². The average Bonchev–Trinajstić information content (AvgIpc) is 3.21. The van der Waals surface area contributed by atoms with E-state index in [1.807, 2.05) is 6.92 Å². The molecule has 0 saturated carbocycles. The molecule has 0 aliphatic carbocycles. The topological polar surface area (TPSA) is 129 Å². The van der Waals surface area contributed by atoms with Gasteiger partial charge in [0.1, 0.15) is 11.9 Å². The standard InChI is InChI=1S/C21H24FN7O4/c1-3-27(8-9-29-20(31)18-17(19(30)26(29)2)24-6-7-25-18)16-5-4-13(10-15(16)22)28-12-14(11-23)33-21(28)32/h4-7,10,14H,3,8-9,11-12,23H2,1-2H3/t14-/m0/s1. The second-order valence-electron chi connectivity index (χ2n) is 7.58. The number of fused-ring (bicyclic) bond motifs is 1. The number of ether oxygens (including phenoxy) is 1. The summed E-state index contributed by atoms with van der Waals surface area (Å²) in [6.07, 6.45) is 1.72. The van der Waals surface area contributed by atoms with Gasteiger partial charge in [0.15, 0.2) is 11.0 Å². The highest BCUT2D eigenvalue weighted by Crippen LogP contribution is 2.27. The van der Waals surface area contributed by atoms with Crippen LogP contribution in [-0.4, -0.2) is 57.7 Å². The number of nitrogens with two attached hydrogens (primary N) is 1. The van der Waals surface area contributed by atoms with Crippen LogP contribution in [0.1, 0.15) is 6.92 Å². The third-order valence-electron chi connectivity index (χ3n) is 5.68. The lowest BCUT2D eigenvalue weighted by molar-refractivity contribution is 0.145. The maximum Gasteiger partial charge on any atom is 0.414 e. The number of halogens is 1. The molecule has 0 spiro atoms. The van der Waals surface area contributed by atoms with Crippen molar-refractivity contribution in [3.63, 3.8) is 0 Å². The van der Waals surface area contributed by atoms with Crippen LogP contribution in [0.25, 0.3) is 11.0 Å². The Morgan fingerprint density at radius 3 is 2.48 bits per heavy atom. The number of hydrogen-bond acceptors (Lipinski definition) is 8. The Balaban J connectivity index is 1.58. The highest BCUT2D eigenvalue weighted by Gasteiger charge is 2.32. The molecule has 1 aliphatic heterocycles. The van der Waals surface area contributed by atoms with E-state index in [1.54, 1.807) is 17.0 Å². The fraction of sp³-hybridized carbons (Fsp3) is 0.381. The number of aromatic nitrogens is 4. The zero-order valence-corrected chi connectivity index (χ0v) is 18.3. The first-order valence-corrected chi connectivity index (χ1v) is 10.5. The predicted molar refractivity (Wildman–Crippen MR) is 120 cm³/mol. The molecule has 11 nitrogen and oxygen atoms in total. The fourth-order valence-corrected chi connectivity index (χ4v) is 3.86. The minimum atomic E-state index is -0.565. The molecular weight excluding hydrogens is 433 g/mol. The van der Waals surface area contributed by atoms with E-state index in [1.165, 1.54) is 39.8 Å². The Morgan fingerprint density at radius 1 is 1.18 bits per heavy atom. The van der Waals surface area contributed by atoms with Gasteiger partial charge in [-0.2, -0.15) is 0 Å². The zero-order chi connectivity index (χ0) is 23.7. The van der Waals surface area contributed by atoms with Crippen molar-refractivity contribution in [3.05, 3.63) is 57.1 Å². The van der Waals surface area contributed by atoms with Crippen LogP contribution in [0.15, 0.2) is 40.2 Å². The molecule has 0 radical (unpaired) electrons. The number of carbonyl (C=O) groups is 1. The number of hydrogen-bond donors (Lipinski definition) is 1. The van der Waals surface area contributed by atoms with Gasteiger partial charge >= 0.3 is 6.09 Å². The van der Waals surface area contributed by atoms with Crippen LogP contribution in [-0.2, 0) is 18.3 Å². The van der Waals surface area contributed by atoms with Gasteiger partial charge in [-0.3, -0.25) is 14.5 Å². The molecule has 174 valence electrons. The normalized spacial score (nSPS) is 15.8. The SMILES string of the molecule is CCN(CCn1c(=O)c2nccnc2c(=O)n1C)c1ccc(N2C[C@H](CN)OC2=O)cc1F. The maximum absolute atomic E-state index is 15.0. The zero-order valence-electron chi connectivity index (χ0n) is 18.3. The lowest BCUT2D eigenvalue weighted by atomic mass is 10.2. The van der Waals surface area contributed by atoms with Crippen LogP contribution in [0.2, 0.25) is 0 Å². The summed E-state index contributed by atoms with van der Waals surface area (Å²) >= 11 is 0. The lowest BCUT2D eigenvalue weighted by Crippen LogP contribution is -2.41. The van der Waals surface area contributed by atoms with Crippen LogP contribution in [0.4, 0.5) is 20.6 Å². The van der Waals surface area contributed by atoms with E-state index < -0.39 is 29.1 Å². The van der Waals surface area contributed by atoms with Crippen molar-refractivity contribution in [2.24, 2.45) is 12.8 Å². The molecular formula is C21H24FN7O4. The van der Waals surface area contributed by atoms with Gasteiger partial charge in [0.05, 0.1) is 24.5 Å². The van der Waals surface area contributed by atoms with Gasteiger partial charge < -0.3 is 15.4 Å². The summed E-state index contributed by atoms with van der Waals surface area (Å²) in [5.74, 6) is -0.524. The van der Waals surface area contributed by atoms with Crippen LogP contribution in [0.5, 0.6) is 0 Å². The molecule has 2 aromatic heterocycles. The number of rotatable bonds is 7. The first-order chi connectivity index (χ1) is 15.8. The Bertz CT molecular complexity index is 1320. The first kappa shape index (κ1) is 22.4. The Morgan fingerprint density at radius 2 is 1.88 bits per heavy atom. The third kappa shape index (κ3) is 4.04. The van der Waals surface area contributed by atoms with Crippen molar-refractivity contribution in [2.45, 2.75) is 19.6 Å². The molecule has 0 bridgehead atoms. The summed E-state index contributed by atoms with van der Waals surface area (Å²) in [7, 11) is 1.48. The summed E-state index contributed by atoms with van der Waals surface area (Å²) in [4.78, 5) is 48.4. The number of anilines is 2. The third-order valence-corrected chi connectivity index (χ3v) is 5.68.